The SMILES string of the molecule is CCCCNC(=S)C(C)Cc1nnnn1CC. The summed E-state index contributed by atoms with van der Waals surface area (Å²) in [6.45, 7) is 8.06. The maximum atomic E-state index is 5.35. The van der Waals surface area contributed by atoms with Gasteiger partial charge in [-0.25, -0.2) is 4.68 Å². The van der Waals surface area contributed by atoms with Gasteiger partial charge in [0, 0.05) is 25.4 Å². The molecule has 0 bridgehead atoms. The van der Waals surface area contributed by atoms with Gasteiger partial charge >= 0.3 is 0 Å². The largest absolute Gasteiger partial charge is 0.379 e. The van der Waals surface area contributed by atoms with Crippen LogP contribution in [0.1, 0.15) is 39.4 Å². The van der Waals surface area contributed by atoms with Crippen LogP contribution < -0.4 is 5.32 Å². The Morgan fingerprint density at radius 2 is 2.24 bits per heavy atom. The molecule has 0 saturated carbocycles. The molecule has 0 radical (unpaired) electrons. The molecule has 17 heavy (non-hydrogen) atoms. The summed E-state index contributed by atoms with van der Waals surface area (Å²) < 4.78 is 1.81. The summed E-state index contributed by atoms with van der Waals surface area (Å²) in [4.78, 5) is 0.907. The number of tetrazole rings is 1. The van der Waals surface area contributed by atoms with Crippen LogP contribution >= 0.6 is 12.2 Å². The molecule has 1 aromatic rings. The van der Waals surface area contributed by atoms with E-state index in [-0.39, 0.29) is 5.92 Å². The van der Waals surface area contributed by atoms with Gasteiger partial charge in [0.25, 0.3) is 0 Å². The Bertz CT molecular complexity index is 349. The Hall–Kier alpha value is -1.04. The number of nitrogens with zero attached hydrogens (tertiary/aromatic N) is 4. The van der Waals surface area contributed by atoms with E-state index in [0.717, 1.165) is 36.7 Å². The van der Waals surface area contributed by atoms with E-state index in [0.29, 0.717) is 0 Å². The fourth-order valence-corrected chi connectivity index (χ4v) is 1.73. The molecule has 0 amide bonds. The van der Waals surface area contributed by atoms with Gasteiger partial charge in [-0.3, -0.25) is 0 Å². The molecule has 0 saturated heterocycles. The van der Waals surface area contributed by atoms with Crippen LogP contribution in [0.3, 0.4) is 0 Å². The third kappa shape index (κ3) is 4.38. The van der Waals surface area contributed by atoms with E-state index in [1.165, 1.54) is 6.42 Å². The molecule has 5 nitrogen and oxygen atoms in total. The zero-order chi connectivity index (χ0) is 12.7. The highest BCUT2D eigenvalue weighted by atomic mass is 32.1. The third-order valence-corrected chi connectivity index (χ3v) is 3.22. The summed E-state index contributed by atoms with van der Waals surface area (Å²) in [5.74, 6) is 1.18. The minimum absolute atomic E-state index is 0.276. The summed E-state index contributed by atoms with van der Waals surface area (Å²) in [5.41, 5.74) is 0. The summed E-state index contributed by atoms with van der Waals surface area (Å²) in [5, 5.41) is 14.9. The van der Waals surface area contributed by atoms with Gasteiger partial charge in [0.15, 0.2) is 5.82 Å². The molecule has 1 rings (SSSR count). The predicted octanol–water partition coefficient (Wildman–Crippen LogP) is 1.59. The van der Waals surface area contributed by atoms with Crippen molar-refractivity contribution in [1.29, 1.82) is 0 Å². The minimum atomic E-state index is 0.276. The first-order chi connectivity index (χ1) is 8.19. The molecule has 1 heterocycles. The number of hydrogen-bond acceptors (Lipinski definition) is 4. The van der Waals surface area contributed by atoms with Gasteiger partial charge in [-0.2, -0.15) is 0 Å². The number of hydrogen-bond donors (Lipinski definition) is 1. The van der Waals surface area contributed by atoms with Crippen molar-refractivity contribution >= 4 is 17.2 Å². The van der Waals surface area contributed by atoms with Crippen LogP contribution in [-0.4, -0.2) is 31.7 Å². The van der Waals surface area contributed by atoms with Gasteiger partial charge in [-0.05, 0) is 23.8 Å². The molecule has 1 unspecified atom stereocenters. The molecule has 6 heteroatoms. The van der Waals surface area contributed by atoms with Crippen LogP contribution in [0.5, 0.6) is 0 Å². The molecule has 0 aliphatic rings. The standard InChI is InChI=1S/C11H21N5S/c1-4-6-7-12-11(17)9(3)8-10-13-14-15-16(10)5-2/h9H,4-8H2,1-3H3,(H,12,17). The van der Waals surface area contributed by atoms with Crippen molar-refractivity contribution in [3.05, 3.63) is 5.82 Å². The quantitative estimate of drug-likeness (QED) is 0.592. The van der Waals surface area contributed by atoms with E-state index < -0.39 is 0 Å². The number of rotatable bonds is 7. The molecule has 1 N–H and O–H groups in total. The smallest absolute Gasteiger partial charge is 0.151 e. The Morgan fingerprint density at radius 3 is 2.88 bits per heavy atom. The Balaban J connectivity index is 2.42. The first-order valence-corrected chi connectivity index (χ1v) is 6.62. The molecular formula is C11H21N5S. The van der Waals surface area contributed by atoms with Crippen LogP contribution in [-0.2, 0) is 13.0 Å². The van der Waals surface area contributed by atoms with E-state index in [9.17, 15) is 0 Å². The van der Waals surface area contributed by atoms with Crippen molar-refractivity contribution < 1.29 is 0 Å². The molecule has 1 atom stereocenters. The van der Waals surface area contributed by atoms with Crippen molar-refractivity contribution in [3.63, 3.8) is 0 Å². The van der Waals surface area contributed by atoms with Gasteiger partial charge < -0.3 is 5.32 Å². The molecule has 1 aromatic heterocycles. The Morgan fingerprint density at radius 1 is 1.47 bits per heavy atom. The molecule has 0 aliphatic heterocycles. The Labute approximate surface area is 108 Å². The maximum absolute atomic E-state index is 5.35. The topological polar surface area (TPSA) is 55.6 Å². The molecule has 0 aromatic carbocycles. The predicted molar refractivity (Wildman–Crippen MR) is 71.9 cm³/mol. The van der Waals surface area contributed by atoms with Crippen molar-refractivity contribution in [2.24, 2.45) is 5.92 Å². The van der Waals surface area contributed by atoms with Crippen LogP contribution in [0.15, 0.2) is 0 Å². The van der Waals surface area contributed by atoms with Gasteiger partial charge in [0.05, 0.1) is 4.99 Å². The Kier molecular flexibility index (Phi) is 6.04. The van der Waals surface area contributed by atoms with E-state index in [2.05, 4.69) is 34.7 Å². The normalized spacial score (nSPS) is 12.4. The number of unbranched alkanes of at least 4 members (excludes halogenated alkanes) is 1. The van der Waals surface area contributed by atoms with E-state index in [1.54, 1.807) is 0 Å². The zero-order valence-corrected chi connectivity index (χ0v) is 11.6. The van der Waals surface area contributed by atoms with Gasteiger partial charge in [-0.1, -0.05) is 32.5 Å². The fourth-order valence-electron chi connectivity index (χ4n) is 1.54. The second kappa shape index (κ2) is 7.32. The van der Waals surface area contributed by atoms with Crippen molar-refractivity contribution in [2.75, 3.05) is 6.54 Å². The lowest BCUT2D eigenvalue weighted by molar-refractivity contribution is 0.575. The first-order valence-electron chi connectivity index (χ1n) is 6.21. The summed E-state index contributed by atoms with van der Waals surface area (Å²) in [7, 11) is 0. The van der Waals surface area contributed by atoms with E-state index in [4.69, 9.17) is 12.2 Å². The lowest BCUT2D eigenvalue weighted by Crippen LogP contribution is -2.30. The van der Waals surface area contributed by atoms with Crippen LogP contribution in [0.25, 0.3) is 0 Å². The highest BCUT2D eigenvalue weighted by Gasteiger charge is 2.13. The van der Waals surface area contributed by atoms with Crippen molar-refractivity contribution in [1.82, 2.24) is 25.5 Å². The first kappa shape index (κ1) is 14.0. The summed E-state index contributed by atoms with van der Waals surface area (Å²) in [6, 6.07) is 0. The lowest BCUT2D eigenvalue weighted by Gasteiger charge is -2.14. The molecular weight excluding hydrogens is 234 g/mol. The maximum Gasteiger partial charge on any atom is 0.151 e. The van der Waals surface area contributed by atoms with Gasteiger partial charge in [0.2, 0.25) is 0 Å². The van der Waals surface area contributed by atoms with Crippen molar-refractivity contribution in [3.8, 4) is 0 Å². The zero-order valence-electron chi connectivity index (χ0n) is 10.8. The monoisotopic (exact) mass is 255 g/mol. The second-order valence-electron chi connectivity index (χ2n) is 4.16. The number of nitrogens with one attached hydrogen (secondary N) is 1. The van der Waals surface area contributed by atoms with Gasteiger partial charge in [0.1, 0.15) is 0 Å². The lowest BCUT2D eigenvalue weighted by atomic mass is 10.1. The van der Waals surface area contributed by atoms with E-state index >= 15 is 0 Å². The average molecular weight is 255 g/mol. The number of thiocarbonyl (C=S) groups is 1. The highest BCUT2D eigenvalue weighted by molar-refractivity contribution is 7.80. The second-order valence-corrected chi connectivity index (χ2v) is 4.60. The third-order valence-electron chi connectivity index (χ3n) is 2.67. The van der Waals surface area contributed by atoms with Gasteiger partial charge in [-0.15, -0.1) is 5.10 Å². The minimum Gasteiger partial charge on any atom is -0.379 e. The average Bonchev–Trinajstić information content (AvgIpc) is 2.76. The molecule has 96 valence electrons. The summed E-state index contributed by atoms with van der Waals surface area (Å²) in [6.07, 6.45) is 3.12. The molecule has 0 spiro atoms. The number of aryl methyl sites for hydroxylation is 1. The fraction of sp³-hybridized carbons (Fsp3) is 0.818. The highest BCUT2D eigenvalue weighted by Crippen LogP contribution is 2.06. The van der Waals surface area contributed by atoms with Crippen LogP contribution in [0.4, 0.5) is 0 Å². The van der Waals surface area contributed by atoms with E-state index in [1.807, 2.05) is 11.6 Å². The van der Waals surface area contributed by atoms with Crippen molar-refractivity contribution in [2.45, 2.75) is 46.6 Å². The summed E-state index contributed by atoms with van der Waals surface area (Å²) >= 11 is 5.35. The van der Waals surface area contributed by atoms with Crippen LogP contribution in [0, 0.1) is 5.92 Å². The molecule has 0 fully saturated rings. The molecule has 0 aliphatic carbocycles. The number of aromatic nitrogens is 4. The van der Waals surface area contributed by atoms with Crippen LogP contribution in [0.2, 0.25) is 0 Å².